The Bertz CT molecular complexity index is 3960. The van der Waals surface area contributed by atoms with E-state index in [1.807, 2.05) is 32.1 Å². The Hall–Kier alpha value is -7.53. The highest BCUT2D eigenvalue weighted by atomic mass is 16.7. The molecule has 6 rings (SSSR count). The van der Waals surface area contributed by atoms with Gasteiger partial charge in [0.05, 0.1) is 159 Å². The molecule has 6 heterocycles. The van der Waals surface area contributed by atoms with Crippen molar-refractivity contribution >= 4 is 23.9 Å². The van der Waals surface area contributed by atoms with Gasteiger partial charge < -0.3 is 156 Å². The highest BCUT2D eigenvalue weighted by molar-refractivity contribution is 5.72. The van der Waals surface area contributed by atoms with Crippen LogP contribution in [0.15, 0.2) is 175 Å². The minimum Gasteiger partial charge on any atom is -0.481 e. The molecular formula is C94H144N4O34. The summed E-state index contributed by atoms with van der Waals surface area (Å²) in [6, 6.07) is -2.52. The summed E-state index contributed by atoms with van der Waals surface area (Å²) in [6.07, 6.45) is 5.56. The van der Waals surface area contributed by atoms with E-state index in [-0.39, 0.29) is 63.2 Å². The van der Waals surface area contributed by atoms with Gasteiger partial charge in [0.2, 0.25) is 0 Å². The summed E-state index contributed by atoms with van der Waals surface area (Å²) in [5, 5.41) is 240. The average molecular weight is 1870 g/mol. The Balaban J connectivity index is 0.000000467. The maximum absolute atomic E-state index is 12.6. The van der Waals surface area contributed by atoms with Crippen LogP contribution in [0.1, 0.15) is 158 Å². The second-order valence-corrected chi connectivity index (χ2v) is 35.3. The predicted octanol–water partition coefficient (Wildman–Crippen LogP) is 2.78. The molecule has 38 atom stereocenters. The van der Waals surface area contributed by atoms with Crippen LogP contribution in [0, 0.1) is 35.5 Å². The number of nitrogens with zero attached hydrogens (tertiary/aromatic N) is 3. The maximum Gasteiger partial charge on any atom is 0.311 e. The molecule has 132 heavy (non-hydrogen) atoms. The van der Waals surface area contributed by atoms with Gasteiger partial charge in [-0.2, -0.15) is 0 Å². The summed E-state index contributed by atoms with van der Waals surface area (Å²) in [6.45, 7) is 13.4. The van der Waals surface area contributed by atoms with Crippen LogP contribution in [0.25, 0.3) is 10.4 Å². The van der Waals surface area contributed by atoms with E-state index in [0.29, 0.717) is 0 Å². The van der Waals surface area contributed by atoms with Gasteiger partial charge in [-0.1, -0.05) is 203 Å². The molecular weight excluding hydrogens is 1730 g/mol. The molecule has 6 aliphatic rings. The van der Waals surface area contributed by atoms with Crippen molar-refractivity contribution in [1.29, 1.82) is 0 Å². The van der Waals surface area contributed by atoms with E-state index < -0.39 is 294 Å². The minimum absolute atomic E-state index is 0.107. The number of ether oxygens (including phenoxy) is 8. The van der Waals surface area contributed by atoms with Crippen molar-refractivity contribution in [3.8, 4) is 0 Å². The molecule has 24 N–H and O–H groups in total. The zero-order valence-corrected chi connectivity index (χ0v) is 75.9. The monoisotopic (exact) mass is 1870 g/mol. The van der Waals surface area contributed by atoms with E-state index in [1.165, 1.54) is 26.0 Å². The molecule has 4 bridgehead atoms. The molecule has 0 saturated carbocycles. The number of hydrogen-bond acceptors (Lipinski definition) is 34. The molecule has 0 amide bonds. The number of carboxylic acids is 2. The fourth-order valence-electron chi connectivity index (χ4n) is 16.1. The quantitative estimate of drug-likeness (QED) is 0.0754. The molecule has 744 valence electrons. The van der Waals surface area contributed by atoms with Gasteiger partial charge in [-0.3, -0.25) is 19.2 Å². The summed E-state index contributed by atoms with van der Waals surface area (Å²) in [4.78, 5) is 52.9. The van der Waals surface area contributed by atoms with Crippen molar-refractivity contribution < 1.29 is 169 Å². The third-order valence-corrected chi connectivity index (χ3v) is 24.1. The number of aliphatic hydroxyl groups excluding tert-OH is 18. The summed E-state index contributed by atoms with van der Waals surface area (Å²) < 4.78 is 46.3. The zero-order chi connectivity index (χ0) is 98.3. The number of esters is 2. The molecule has 38 heteroatoms. The molecule has 0 spiro atoms. The third-order valence-electron chi connectivity index (χ3n) is 24.1. The lowest BCUT2D eigenvalue weighted by molar-refractivity contribution is -0.309. The van der Waals surface area contributed by atoms with Crippen LogP contribution in [0.3, 0.4) is 0 Å². The van der Waals surface area contributed by atoms with Gasteiger partial charge in [0.1, 0.15) is 36.3 Å². The molecule has 6 aliphatic heterocycles. The fraction of sp³-hybridized carbons (Fsp3) is 0.660. The summed E-state index contributed by atoms with van der Waals surface area (Å²) in [7, 11) is 0. The van der Waals surface area contributed by atoms with E-state index in [0.717, 1.165) is 0 Å². The first-order chi connectivity index (χ1) is 62.3. The molecule has 0 aromatic carbocycles. The number of hydrogen-bond donors (Lipinski definition) is 23. The highest BCUT2D eigenvalue weighted by Gasteiger charge is 2.54. The minimum atomic E-state index is -2.36. The first kappa shape index (κ1) is 115. The molecule has 4 fully saturated rings. The van der Waals surface area contributed by atoms with Crippen molar-refractivity contribution in [2.24, 2.45) is 46.4 Å². The largest absolute Gasteiger partial charge is 0.481 e. The second kappa shape index (κ2) is 58.1. The number of allylic oxidation sites excluding steroid dienone is 24. The summed E-state index contributed by atoms with van der Waals surface area (Å²) >= 11 is 0. The van der Waals surface area contributed by atoms with Crippen molar-refractivity contribution in [3.63, 3.8) is 0 Å². The van der Waals surface area contributed by atoms with E-state index >= 15 is 0 Å². The number of azide groups is 1. The molecule has 0 radical (unpaired) electrons. The van der Waals surface area contributed by atoms with Gasteiger partial charge in [-0.05, 0) is 71.8 Å². The number of carbonyl (C=O) groups is 4. The van der Waals surface area contributed by atoms with Crippen LogP contribution in [0.2, 0.25) is 0 Å². The maximum atomic E-state index is 12.6. The van der Waals surface area contributed by atoms with Gasteiger partial charge in [0.25, 0.3) is 0 Å². The van der Waals surface area contributed by atoms with Crippen LogP contribution < -0.4 is 5.73 Å². The van der Waals surface area contributed by atoms with Crippen molar-refractivity contribution in [2.45, 2.75) is 353 Å². The van der Waals surface area contributed by atoms with Crippen LogP contribution >= 0.6 is 0 Å². The Morgan fingerprint density at radius 2 is 0.697 bits per heavy atom. The summed E-state index contributed by atoms with van der Waals surface area (Å²) in [5.41, 5.74) is 15.1. The SMILES string of the molecule is C[C@@H]1[C@H](O)[C@@H](C)/C=C/C=C/C=C/C=C/C=C/C=C/C=C/[C@H](O[C@@H]2O[C@H](C)[C@@H](O)[C@H](N)C2O)CC2O[C@](O)(C[C@@H](O)C[C@@H](O)[C@H](O)CC[C@@H](O)C[C@@H](O)CC(=O)O[C@H]1C)C[C@H](O)[C@H]2C(=O)O.C[C@@H]1[C@H](O)[C@@H](C)/C=C/C=C/C=C/C=C/C=C/C=C/C=C/[C@H](O[C@@H]2O[C@H](C)[C@@H](O)[C@H](N=[N+]=[N-])C2O)CC2O[C@](O)(C[C@@H](O)C[C@@H](O)[C@H](O)CC[C@@H](O)C[C@@H](O)CC(=O)O[C@H]1C)C[C@H](O)[C@H]2C(=O)O. The van der Waals surface area contributed by atoms with E-state index in [4.69, 9.17) is 49.2 Å². The molecule has 4 saturated heterocycles. The van der Waals surface area contributed by atoms with Gasteiger partial charge in [-0.15, -0.1) is 0 Å². The van der Waals surface area contributed by atoms with Crippen LogP contribution in [-0.4, -0.2) is 331 Å². The number of aliphatic carboxylic acids is 2. The topological polar surface area (TPSA) is 662 Å². The Kier molecular flexibility index (Phi) is 50.6. The number of carbonyl (C=O) groups excluding carboxylic acids is 2. The van der Waals surface area contributed by atoms with Gasteiger partial charge in [0, 0.05) is 79.9 Å². The average Bonchev–Trinajstić information content (AvgIpc) is 0.783. The number of fused-ring (bicyclic) bond motifs is 4. The standard InChI is InChI=1S/C47H71N3O17.C47H73NO17/c1-27-17-15-13-11-9-7-5-6-8-10-12-14-16-18-34(66-46-44(60)41(49-50-48)43(59)30(4)65-46)24-38-40(45(61)62)37(56)26-47(63,67-38)25-33(53)22-36(55)35(54)20-19-31(51)21-32(52)23-39(57)64-29(3)28(2)42(27)58;1-27-17-15-13-11-9-7-5-6-8-10-12-14-16-18-34(64-46-44(58)41(48)43(57)30(4)63-46)24-38-40(45(59)60)37(54)26-47(61,65-38)25-33(51)22-36(53)35(52)20-19-31(49)21-32(50)23-39(55)62-29(3)28(2)42(27)56/h5-18,27-38,40-44,46,51-56,58-60,63H,19-26H2,1-4H3,(H,61,62);5-18,27-38,40-44,46,49-54,56-58,61H,19-26,48H2,1-4H3,(H,59,60)/b2*6-5+,9-7+,10-8+,13-11+,14-12+,17-15+,18-16+/t2*27-,28-,29-,30+,31+,32+,33-,34-,35+,36+,37-,38?,40+,41-,42+,43+,44?,46-,47+/m00/s1. The highest BCUT2D eigenvalue weighted by Crippen LogP contribution is 2.41. The molecule has 0 aliphatic carbocycles. The normalized spacial score (nSPS) is 44.9. The van der Waals surface area contributed by atoms with E-state index in [2.05, 4.69) is 10.0 Å². The number of cyclic esters (lactones) is 2. The van der Waals surface area contributed by atoms with Crippen LogP contribution in [-0.2, 0) is 57.1 Å². The lowest BCUT2D eigenvalue weighted by atomic mass is 9.82. The number of nitrogens with two attached hydrogens (primary N) is 1. The third kappa shape index (κ3) is 39.7. The molecule has 0 aromatic heterocycles. The fourth-order valence-corrected chi connectivity index (χ4v) is 16.1. The van der Waals surface area contributed by atoms with Crippen molar-refractivity contribution in [1.82, 2.24) is 0 Å². The van der Waals surface area contributed by atoms with Gasteiger partial charge >= 0.3 is 23.9 Å². The van der Waals surface area contributed by atoms with Crippen LogP contribution in [0.4, 0.5) is 0 Å². The van der Waals surface area contributed by atoms with Crippen molar-refractivity contribution in [3.05, 3.63) is 181 Å². The van der Waals surface area contributed by atoms with Crippen molar-refractivity contribution in [2.75, 3.05) is 0 Å². The Morgan fingerprint density at radius 1 is 0.379 bits per heavy atom. The Morgan fingerprint density at radius 3 is 1.03 bits per heavy atom. The lowest BCUT2D eigenvalue weighted by Crippen LogP contribution is -2.61. The predicted molar refractivity (Wildman–Crippen MR) is 479 cm³/mol. The molecule has 4 unspecified atom stereocenters. The van der Waals surface area contributed by atoms with Crippen LogP contribution in [0.5, 0.6) is 0 Å². The first-order valence-electron chi connectivity index (χ1n) is 45.0. The first-order valence-corrected chi connectivity index (χ1v) is 45.0. The number of rotatable bonds is 7. The summed E-state index contributed by atoms with van der Waals surface area (Å²) in [5.74, 6) is -13.8. The van der Waals surface area contributed by atoms with E-state index in [1.54, 1.807) is 167 Å². The number of aliphatic hydroxyl groups is 20. The zero-order valence-electron chi connectivity index (χ0n) is 75.9. The lowest BCUT2D eigenvalue weighted by Gasteiger charge is -2.45. The van der Waals surface area contributed by atoms with Gasteiger partial charge in [0.15, 0.2) is 24.2 Å². The number of carboxylic acid groups (broad SMARTS) is 2. The second-order valence-electron chi connectivity index (χ2n) is 35.3. The van der Waals surface area contributed by atoms with Gasteiger partial charge in [-0.25, -0.2) is 0 Å². The van der Waals surface area contributed by atoms with E-state index in [9.17, 15) is 132 Å². The Labute approximate surface area is 769 Å². The molecule has 0 aromatic rings. The molecule has 38 nitrogen and oxygen atoms in total. The smallest absolute Gasteiger partial charge is 0.311 e.